The number of allylic oxidation sites excluding steroid dienone is 2. The van der Waals surface area contributed by atoms with Gasteiger partial charge in [0.05, 0.1) is 0 Å². The molecule has 13 heavy (non-hydrogen) atoms. The Balaban J connectivity index is 2.23. The summed E-state index contributed by atoms with van der Waals surface area (Å²) in [6, 6.07) is 10.4. The molecule has 1 aliphatic rings. The van der Waals surface area contributed by atoms with Gasteiger partial charge in [-0.1, -0.05) is 49.1 Å². The van der Waals surface area contributed by atoms with E-state index in [1.165, 1.54) is 10.5 Å². The van der Waals surface area contributed by atoms with Crippen molar-refractivity contribution in [3.05, 3.63) is 65.4 Å². The maximum absolute atomic E-state index is 4.13. The van der Waals surface area contributed by atoms with Gasteiger partial charge < -0.3 is 0 Å². The highest BCUT2D eigenvalue weighted by molar-refractivity contribution is 8.30. The molecule has 1 heterocycles. The zero-order valence-corrected chi connectivity index (χ0v) is 8.24. The fraction of sp³-hybridized carbons (Fsp3) is 0. The highest BCUT2D eigenvalue weighted by atomic mass is 32.2. The molecule has 1 aromatic carbocycles. The van der Waals surface area contributed by atoms with Gasteiger partial charge in [0.25, 0.3) is 0 Å². The average molecular weight is 188 g/mol. The van der Waals surface area contributed by atoms with Crippen molar-refractivity contribution in [2.45, 2.75) is 0 Å². The molecule has 0 fully saturated rings. The first kappa shape index (κ1) is 8.39. The second-order valence-corrected chi connectivity index (χ2v) is 4.85. The maximum Gasteiger partial charge on any atom is -0.00546 e. The summed E-state index contributed by atoms with van der Waals surface area (Å²) in [6.45, 7) is 4.13. The first-order valence-corrected chi connectivity index (χ1v) is 5.73. The van der Waals surface area contributed by atoms with Crippen LogP contribution in [0.25, 0.3) is 4.91 Å². The Labute approximate surface area is 81.6 Å². The normalized spacial score (nSPS) is 16.5. The van der Waals surface area contributed by atoms with Crippen LogP contribution in [-0.2, 0) is 0 Å². The smallest absolute Gasteiger partial charge is 0.00546 e. The number of hydrogen-bond acceptors (Lipinski definition) is 0. The van der Waals surface area contributed by atoms with E-state index in [4.69, 9.17) is 0 Å². The molecule has 0 nitrogen and oxygen atoms in total. The highest BCUT2D eigenvalue weighted by Crippen LogP contribution is 2.45. The van der Waals surface area contributed by atoms with E-state index in [0.29, 0.717) is 0 Å². The van der Waals surface area contributed by atoms with E-state index in [1.807, 2.05) is 6.07 Å². The van der Waals surface area contributed by atoms with E-state index >= 15 is 0 Å². The third kappa shape index (κ3) is 1.76. The van der Waals surface area contributed by atoms with Crippen LogP contribution in [0.5, 0.6) is 0 Å². The van der Waals surface area contributed by atoms with Crippen molar-refractivity contribution in [3.63, 3.8) is 0 Å². The molecule has 0 bridgehead atoms. The van der Waals surface area contributed by atoms with E-state index in [1.54, 1.807) is 0 Å². The van der Waals surface area contributed by atoms with Crippen molar-refractivity contribution < 1.29 is 0 Å². The Morgan fingerprint density at radius 1 is 1.00 bits per heavy atom. The van der Waals surface area contributed by atoms with Crippen LogP contribution in [-0.4, -0.2) is 0 Å². The summed E-state index contributed by atoms with van der Waals surface area (Å²) in [7, 11) is -0.238. The van der Waals surface area contributed by atoms with E-state index in [2.05, 4.69) is 53.8 Å². The topological polar surface area (TPSA) is 0 Å². The largest absolute Gasteiger partial charge is 0.186 e. The molecule has 1 aliphatic heterocycles. The quantitative estimate of drug-likeness (QED) is 0.672. The van der Waals surface area contributed by atoms with Gasteiger partial charge in [-0.2, -0.15) is 10.9 Å². The third-order valence-electron chi connectivity index (χ3n) is 2.02. The molecule has 0 aliphatic carbocycles. The zero-order chi connectivity index (χ0) is 9.10. The van der Waals surface area contributed by atoms with E-state index in [0.717, 1.165) is 0 Å². The van der Waals surface area contributed by atoms with Crippen LogP contribution in [0.15, 0.2) is 59.9 Å². The first-order valence-electron chi connectivity index (χ1n) is 4.25. The molecule has 66 valence electrons. The van der Waals surface area contributed by atoms with Crippen molar-refractivity contribution in [1.29, 1.82) is 0 Å². The van der Waals surface area contributed by atoms with Gasteiger partial charge in [0.2, 0.25) is 0 Å². The minimum atomic E-state index is -0.238. The Morgan fingerprint density at radius 3 is 2.23 bits per heavy atom. The van der Waals surface area contributed by atoms with Gasteiger partial charge in [0, 0.05) is 0 Å². The molecule has 0 saturated heterocycles. The van der Waals surface area contributed by atoms with Gasteiger partial charge in [0.15, 0.2) is 0 Å². The second kappa shape index (κ2) is 3.67. The molecular formula is C12H12S. The molecule has 0 aromatic heterocycles. The zero-order valence-electron chi connectivity index (χ0n) is 7.35. The lowest BCUT2D eigenvalue weighted by Crippen LogP contribution is -1.78. The standard InChI is InChI=1S/C12H12S/c1-11(13-9-5-6-10-13)12-7-3-2-4-8-12/h2-10,13H,1H2. The van der Waals surface area contributed by atoms with Gasteiger partial charge in [0.1, 0.15) is 0 Å². The monoisotopic (exact) mass is 188 g/mol. The summed E-state index contributed by atoms with van der Waals surface area (Å²) in [6.07, 6.45) is 4.19. The Kier molecular flexibility index (Phi) is 2.37. The number of thiol groups is 1. The Morgan fingerprint density at radius 2 is 1.62 bits per heavy atom. The molecule has 0 spiro atoms. The van der Waals surface area contributed by atoms with Crippen molar-refractivity contribution in [1.82, 2.24) is 0 Å². The summed E-state index contributed by atoms with van der Waals surface area (Å²) in [4.78, 5) is 1.24. The summed E-state index contributed by atoms with van der Waals surface area (Å²) in [5.74, 6) is 0. The summed E-state index contributed by atoms with van der Waals surface area (Å²) in [5, 5.41) is 4.45. The molecule has 1 aromatic rings. The van der Waals surface area contributed by atoms with Crippen LogP contribution in [0.1, 0.15) is 5.56 Å². The Hall–Kier alpha value is -1.21. The van der Waals surface area contributed by atoms with Crippen molar-refractivity contribution in [2.75, 3.05) is 0 Å². The molecule has 0 radical (unpaired) electrons. The maximum atomic E-state index is 4.13. The SMILES string of the molecule is C=C(c1ccccc1)[SH]1C=CC=C1. The van der Waals surface area contributed by atoms with E-state index in [-0.39, 0.29) is 10.9 Å². The van der Waals surface area contributed by atoms with Crippen molar-refractivity contribution in [2.24, 2.45) is 0 Å². The van der Waals surface area contributed by atoms with Crippen LogP contribution in [0.2, 0.25) is 0 Å². The van der Waals surface area contributed by atoms with Crippen LogP contribution in [0.4, 0.5) is 0 Å². The third-order valence-corrected chi connectivity index (χ3v) is 3.89. The second-order valence-electron chi connectivity index (χ2n) is 2.90. The molecule has 0 N–H and O–H groups in total. The number of rotatable bonds is 2. The molecule has 0 atom stereocenters. The van der Waals surface area contributed by atoms with Gasteiger partial charge in [-0.3, -0.25) is 0 Å². The summed E-state index contributed by atoms with van der Waals surface area (Å²) >= 11 is 0. The van der Waals surface area contributed by atoms with Gasteiger partial charge in [-0.05, 0) is 21.3 Å². The van der Waals surface area contributed by atoms with E-state index in [9.17, 15) is 0 Å². The minimum Gasteiger partial charge on any atom is -0.186 e. The van der Waals surface area contributed by atoms with Crippen molar-refractivity contribution >= 4 is 15.8 Å². The molecular weight excluding hydrogens is 176 g/mol. The molecule has 0 saturated carbocycles. The van der Waals surface area contributed by atoms with Crippen LogP contribution in [0.3, 0.4) is 0 Å². The van der Waals surface area contributed by atoms with Crippen LogP contribution in [0, 0.1) is 0 Å². The fourth-order valence-corrected chi connectivity index (χ4v) is 2.77. The average Bonchev–Trinajstić information content (AvgIpc) is 2.71. The number of benzene rings is 1. The first-order chi connectivity index (χ1) is 6.38. The van der Waals surface area contributed by atoms with Gasteiger partial charge >= 0.3 is 0 Å². The molecule has 2 rings (SSSR count). The van der Waals surface area contributed by atoms with E-state index < -0.39 is 0 Å². The lowest BCUT2D eigenvalue weighted by molar-refractivity contribution is 1.66. The minimum absolute atomic E-state index is 0.238. The molecule has 0 unspecified atom stereocenters. The van der Waals surface area contributed by atoms with Crippen LogP contribution >= 0.6 is 10.9 Å². The number of hydrogen-bond donors (Lipinski definition) is 1. The van der Waals surface area contributed by atoms with Gasteiger partial charge in [-0.15, -0.1) is 0 Å². The predicted octanol–water partition coefficient (Wildman–Crippen LogP) is 3.70. The van der Waals surface area contributed by atoms with Gasteiger partial charge in [-0.25, -0.2) is 0 Å². The lowest BCUT2D eigenvalue weighted by Gasteiger charge is -2.13. The fourth-order valence-electron chi connectivity index (χ4n) is 1.29. The Bertz CT molecular complexity index is 348. The summed E-state index contributed by atoms with van der Waals surface area (Å²) < 4.78 is 0. The highest BCUT2D eigenvalue weighted by Gasteiger charge is 2.05. The van der Waals surface area contributed by atoms with Crippen LogP contribution < -0.4 is 0 Å². The molecule has 0 amide bonds. The lowest BCUT2D eigenvalue weighted by atomic mass is 10.2. The summed E-state index contributed by atoms with van der Waals surface area (Å²) in [5.41, 5.74) is 1.25. The predicted molar refractivity (Wildman–Crippen MR) is 62.7 cm³/mol. The molecule has 1 heteroatoms. The van der Waals surface area contributed by atoms with Crippen molar-refractivity contribution in [3.8, 4) is 0 Å².